The highest BCUT2D eigenvalue weighted by molar-refractivity contribution is 6.05. The minimum atomic E-state index is -1.11. The predicted octanol–water partition coefficient (Wildman–Crippen LogP) is 2.00. The van der Waals surface area contributed by atoms with Gasteiger partial charge in [0, 0.05) is 23.9 Å². The highest BCUT2D eigenvalue weighted by Crippen LogP contribution is 2.30. The molecule has 1 heterocycles. The van der Waals surface area contributed by atoms with Crippen LogP contribution in [0, 0.1) is 0 Å². The molecule has 1 aliphatic heterocycles. The van der Waals surface area contributed by atoms with Crippen LogP contribution in [0.1, 0.15) is 18.9 Å². The molecule has 0 radical (unpaired) electrons. The average Bonchev–Trinajstić information content (AvgIpc) is 2.36. The fourth-order valence-corrected chi connectivity index (χ4v) is 2.25. The molecule has 4 heteroatoms. The van der Waals surface area contributed by atoms with E-state index in [1.165, 1.54) is 0 Å². The van der Waals surface area contributed by atoms with Gasteiger partial charge in [0.2, 0.25) is 0 Å². The van der Waals surface area contributed by atoms with E-state index >= 15 is 0 Å². The molecule has 18 heavy (non-hydrogen) atoms. The fourth-order valence-electron chi connectivity index (χ4n) is 2.25. The Balaban J connectivity index is 2.32. The summed E-state index contributed by atoms with van der Waals surface area (Å²) >= 11 is 0. The first-order valence-electron chi connectivity index (χ1n) is 5.91. The Morgan fingerprint density at radius 2 is 2.06 bits per heavy atom. The molecule has 1 unspecified atom stereocenters. The SMILES string of the molecule is CC1CCc2ccccc2N1C(=O)C=CC(=O)O. The van der Waals surface area contributed by atoms with Crippen molar-refractivity contribution in [2.45, 2.75) is 25.8 Å². The molecule has 0 saturated carbocycles. The Morgan fingerprint density at radius 3 is 2.78 bits per heavy atom. The molecule has 0 aromatic heterocycles. The number of carboxylic acid groups (broad SMARTS) is 1. The largest absolute Gasteiger partial charge is 0.478 e. The maximum atomic E-state index is 12.1. The number of fused-ring (bicyclic) bond motifs is 1. The zero-order valence-corrected chi connectivity index (χ0v) is 10.2. The van der Waals surface area contributed by atoms with Crippen molar-refractivity contribution < 1.29 is 14.7 Å². The van der Waals surface area contributed by atoms with Gasteiger partial charge in [0.1, 0.15) is 0 Å². The second kappa shape index (κ2) is 5.04. The molecule has 1 atom stereocenters. The number of hydrogen-bond acceptors (Lipinski definition) is 2. The molecule has 4 nitrogen and oxygen atoms in total. The minimum absolute atomic E-state index is 0.0887. The number of carbonyl (C=O) groups excluding carboxylic acids is 1. The van der Waals surface area contributed by atoms with Crippen molar-refractivity contribution in [1.82, 2.24) is 0 Å². The van der Waals surface area contributed by atoms with Gasteiger partial charge in [-0.15, -0.1) is 0 Å². The summed E-state index contributed by atoms with van der Waals surface area (Å²) in [6.07, 6.45) is 3.83. The van der Waals surface area contributed by atoms with Crippen LogP contribution in [0.2, 0.25) is 0 Å². The van der Waals surface area contributed by atoms with Gasteiger partial charge in [0.25, 0.3) is 5.91 Å². The highest BCUT2D eigenvalue weighted by Gasteiger charge is 2.26. The number of anilines is 1. The van der Waals surface area contributed by atoms with Crippen LogP contribution in [0.5, 0.6) is 0 Å². The molecular formula is C14H15NO3. The summed E-state index contributed by atoms with van der Waals surface area (Å²) < 4.78 is 0. The van der Waals surface area contributed by atoms with E-state index in [4.69, 9.17) is 5.11 Å². The molecule has 0 aliphatic carbocycles. The maximum Gasteiger partial charge on any atom is 0.328 e. The monoisotopic (exact) mass is 245 g/mol. The second-order valence-electron chi connectivity index (χ2n) is 4.40. The van der Waals surface area contributed by atoms with Crippen LogP contribution in [-0.2, 0) is 16.0 Å². The van der Waals surface area contributed by atoms with Crippen molar-refractivity contribution in [3.8, 4) is 0 Å². The van der Waals surface area contributed by atoms with Crippen LogP contribution in [0.25, 0.3) is 0 Å². The number of para-hydroxylation sites is 1. The minimum Gasteiger partial charge on any atom is -0.478 e. The lowest BCUT2D eigenvalue weighted by Crippen LogP contribution is -2.41. The Morgan fingerprint density at radius 1 is 1.33 bits per heavy atom. The molecule has 1 aromatic carbocycles. The number of hydrogen-bond donors (Lipinski definition) is 1. The first-order chi connectivity index (χ1) is 8.59. The van der Waals surface area contributed by atoms with Gasteiger partial charge in [-0.1, -0.05) is 18.2 Å². The van der Waals surface area contributed by atoms with Gasteiger partial charge in [-0.05, 0) is 31.4 Å². The third-order valence-electron chi connectivity index (χ3n) is 3.13. The molecule has 1 aliphatic rings. The van der Waals surface area contributed by atoms with Crippen LogP contribution in [0.3, 0.4) is 0 Å². The summed E-state index contributed by atoms with van der Waals surface area (Å²) in [5.41, 5.74) is 2.02. The lowest BCUT2D eigenvalue weighted by atomic mass is 9.96. The van der Waals surface area contributed by atoms with Gasteiger partial charge in [0.15, 0.2) is 0 Å². The second-order valence-corrected chi connectivity index (χ2v) is 4.40. The third-order valence-corrected chi connectivity index (χ3v) is 3.13. The molecule has 0 spiro atoms. The topological polar surface area (TPSA) is 57.6 Å². The van der Waals surface area contributed by atoms with E-state index in [1.807, 2.05) is 31.2 Å². The Bertz CT molecular complexity index is 508. The number of carbonyl (C=O) groups is 2. The van der Waals surface area contributed by atoms with Crippen LogP contribution < -0.4 is 4.90 Å². The quantitative estimate of drug-likeness (QED) is 0.811. The predicted molar refractivity (Wildman–Crippen MR) is 68.5 cm³/mol. The molecule has 1 aromatic rings. The van der Waals surface area contributed by atoms with Gasteiger partial charge in [-0.2, -0.15) is 0 Å². The van der Waals surface area contributed by atoms with Crippen LogP contribution in [0.15, 0.2) is 36.4 Å². The lowest BCUT2D eigenvalue weighted by molar-refractivity contribution is -0.131. The van der Waals surface area contributed by atoms with Crippen molar-refractivity contribution in [3.63, 3.8) is 0 Å². The summed E-state index contributed by atoms with van der Waals surface area (Å²) in [6.45, 7) is 1.97. The molecule has 2 rings (SSSR count). The zero-order chi connectivity index (χ0) is 13.1. The Hall–Kier alpha value is -2.10. The number of rotatable bonds is 2. The molecule has 0 bridgehead atoms. The molecule has 94 valence electrons. The number of nitrogens with zero attached hydrogens (tertiary/aromatic N) is 1. The standard InChI is InChI=1S/C14H15NO3/c1-10-6-7-11-4-2-3-5-12(11)15(10)13(16)8-9-14(17)18/h2-5,8-10H,6-7H2,1H3,(H,17,18). The zero-order valence-electron chi connectivity index (χ0n) is 10.2. The van der Waals surface area contributed by atoms with E-state index in [-0.39, 0.29) is 11.9 Å². The summed E-state index contributed by atoms with van der Waals surface area (Å²) in [7, 11) is 0. The number of carboxylic acids is 1. The van der Waals surface area contributed by atoms with Crippen molar-refractivity contribution in [3.05, 3.63) is 42.0 Å². The van der Waals surface area contributed by atoms with E-state index in [1.54, 1.807) is 4.90 Å². The lowest BCUT2D eigenvalue weighted by Gasteiger charge is -2.34. The molecule has 0 saturated heterocycles. The Labute approximate surface area is 106 Å². The molecule has 0 fully saturated rings. The van der Waals surface area contributed by atoms with Gasteiger partial charge < -0.3 is 10.0 Å². The average molecular weight is 245 g/mol. The summed E-state index contributed by atoms with van der Waals surface area (Å²) in [4.78, 5) is 24.2. The number of aliphatic carboxylic acids is 1. The first kappa shape index (κ1) is 12.4. The van der Waals surface area contributed by atoms with E-state index in [2.05, 4.69) is 0 Å². The smallest absolute Gasteiger partial charge is 0.328 e. The van der Waals surface area contributed by atoms with Crippen LogP contribution >= 0.6 is 0 Å². The maximum absolute atomic E-state index is 12.1. The summed E-state index contributed by atoms with van der Waals surface area (Å²) in [5, 5.41) is 8.56. The molecule has 1 N–H and O–H groups in total. The van der Waals surface area contributed by atoms with Gasteiger partial charge >= 0.3 is 5.97 Å². The molecule has 1 amide bonds. The number of aryl methyl sites for hydroxylation is 1. The number of amides is 1. The van der Waals surface area contributed by atoms with Crippen molar-refractivity contribution >= 4 is 17.6 Å². The highest BCUT2D eigenvalue weighted by atomic mass is 16.4. The van der Waals surface area contributed by atoms with E-state index in [0.29, 0.717) is 0 Å². The van der Waals surface area contributed by atoms with Gasteiger partial charge in [0.05, 0.1) is 0 Å². The Kier molecular flexibility index (Phi) is 3.46. The summed E-state index contributed by atoms with van der Waals surface area (Å²) in [6, 6.07) is 7.83. The van der Waals surface area contributed by atoms with E-state index < -0.39 is 5.97 Å². The number of benzene rings is 1. The van der Waals surface area contributed by atoms with Gasteiger partial charge in [-0.25, -0.2) is 4.79 Å². The van der Waals surface area contributed by atoms with E-state index in [9.17, 15) is 9.59 Å². The first-order valence-corrected chi connectivity index (χ1v) is 5.91. The van der Waals surface area contributed by atoms with Crippen LogP contribution in [0.4, 0.5) is 5.69 Å². The van der Waals surface area contributed by atoms with Gasteiger partial charge in [-0.3, -0.25) is 4.79 Å². The third kappa shape index (κ3) is 2.42. The van der Waals surface area contributed by atoms with Crippen molar-refractivity contribution in [1.29, 1.82) is 0 Å². The van der Waals surface area contributed by atoms with Crippen molar-refractivity contribution in [2.24, 2.45) is 0 Å². The molecular weight excluding hydrogens is 230 g/mol. The normalized spacial score (nSPS) is 18.7. The van der Waals surface area contributed by atoms with Crippen LogP contribution in [-0.4, -0.2) is 23.0 Å². The van der Waals surface area contributed by atoms with Crippen molar-refractivity contribution in [2.75, 3.05) is 4.90 Å². The van der Waals surface area contributed by atoms with E-state index in [0.717, 1.165) is 36.2 Å². The summed E-state index contributed by atoms with van der Waals surface area (Å²) in [5.74, 6) is -1.39. The fraction of sp³-hybridized carbons (Fsp3) is 0.286.